The van der Waals surface area contributed by atoms with Crippen LogP contribution >= 0.6 is 0 Å². The minimum Gasteiger partial charge on any atom is -0.507 e. The predicted molar refractivity (Wildman–Crippen MR) is 69.6 cm³/mol. The quantitative estimate of drug-likeness (QED) is 0.765. The maximum atomic E-state index is 11.7. The van der Waals surface area contributed by atoms with Crippen molar-refractivity contribution in [2.24, 2.45) is 5.73 Å². The molecular weight excluding hydrogens is 216 g/mol. The lowest BCUT2D eigenvalue weighted by Gasteiger charge is -2.21. The molecular formula is C13H20N2O2. The summed E-state index contributed by atoms with van der Waals surface area (Å²) >= 11 is 0. The molecule has 1 atom stereocenters. The van der Waals surface area contributed by atoms with Gasteiger partial charge in [-0.3, -0.25) is 4.79 Å². The molecule has 0 aliphatic rings. The van der Waals surface area contributed by atoms with Gasteiger partial charge < -0.3 is 15.7 Å². The molecule has 4 heteroatoms. The van der Waals surface area contributed by atoms with E-state index in [1.807, 2.05) is 19.9 Å². The predicted octanol–water partition coefficient (Wildman–Crippen LogP) is 1.77. The number of aromatic hydroxyl groups is 1. The van der Waals surface area contributed by atoms with E-state index in [1.54, 1.807) is 19.1 Å². The summed E-state index contributed by atoms with van der Waals surface area (Å²) in [7, 11) is 0. The number of nitrogens with zero attached hydrogens (tertiary/aromatic N) is 1. The summed E-state index contributed by atoms with van der Waals surface area (Å²) in [6.45, 7) is 7.41. The van der Waals surface area contributed by atoms with Gasteiger partial charge >= 0.3 is 0 Å². The van der Waals surface area contributed by atoms with E-state index in [9.17, 15) is 9.90 Å². The van der Waals surface area contributed by atoms with E-state index in [1.165, 1.54) is 0 Å². The zero-order valence-electron chi connectivity index (χ0n) is 10.6. The lowest BCUT2D eigenvalue weighted by molar-refractivity contribution is 0.0965. The van der Waals surface area contributed by atoms with Crippen LogP contribution in [0.5, 0.6) is 5.75 Å². The van der Waals surface area contributed by atoms with Crippen molar-refractivity contribution in [1.29, 1.82) is 0 Å². The molecule has 0 saturated heterocycles. The SMILES string of the molecule is CCN(CC)c1ccc(C(=O)C(C)N)c(O)c1. The zero-order chi connectivity index (χ0) is 13.0. The second-order valence-electron chi connectivity index (χ2n) is 4.03. The number of hydrogen-bond donors (Lipinski definition) is 2. The molecule has 4 nitrogen and oxygen atoms in total. The number of carbonyl (C=O) groups is 1. The minimum atomic E-state index is -0.597. The molecule has 0 bridgehead atoms. The Bertz CT molecular complexity index is 398. The molecule has 0 aromatic heterocycles. The Morgan fingerprint density at radius 3 is 2.41 bits per heavy atom. The van der Waals surface area contributed by atoms with Gasteiger partial charge in [-0.05, 0) is 32.9 Å². The van der Waals surface area contributed by atoms with Crippen molar-refractivity contribution < 1.29 is 9.90 Å². The normalized spacial score (nSPS) is 12.2. The average Bonchev–Trinajstić information content (AvgIpc) is 2.30. The number of phenolic OH excluding ortho intramolecular Hbond substituents is 1. The largest absolute Gasteiger partial charge is 0.507 e. The Morgan fingerprint density at radius 1 is 1.41 bits per heavy atom. The van der Waals surface area contributed by atoms with E-state index in [0.717, 1.165) is 18.8 Å². The molecule has 1 unspecified atom stereocenters. The van der Waals surface area contributed by atoms with E-state index in [-0.39, 0.29) is 17.1 Å². The minimum absolute atomic E-state index is 0.00306. The second-order valence-corrected chi connectivity index (χ2v) is 4.03. The van der Waals surface area contributed by atoms with Gasteiger partial charge in [-0.1, -0.05) is 0 Å². The molecule has 3 N–H and O–H groups in total. The number of ketones is 1. The lowest BCUT2D eigenvalue weighted by atomic mass is 10.0. The van der Waals surface area contributed by atoms with E-state index >= 15 is 0 Å². The van der Waals surface area contributed by atoms with Gasteiger partial charge in [0.1, 0.15) is 5.75 Å². The first-order chi connectivity index (χ1) is 8.01. The number of rotatable bonds is 5. The molecule has 0 amide bonds. The molecule has 0 saturated carbocycles. The number of anilines is 1. The summed E-state index contributed by atoms with van der Waals surface area (Å²) in [5.74, 6) is -0.245. The van der Waals surface area contributed by atoms with Crippen LogP contribution in [0.2, 0.25) is 0 Å². The van der Waals surface area contributed by atoms with Gasteiger partial charge in [-0.2, -0.15) is 0 Å². The summed E-state index contributed by atoms with van der Waals surface area (Å²) in [6.07, 6.45) is 0. The van der Waals surface area contributed by atoms with Crippen LogP contribution in [0.1, 0.15) is 31.1 Å². The molecule has 1 aromatic rings. The Hall–Kier alpha value is -1.55. The highest BCUT2D eigenvalue weighted by Crippen LogP contribution is 2.25. The molecule has 0 heterocycles. The summed E-state index contributed by atoms with van der Waals surface area (Å²) in [4.78, 5) is 13.8. The zero-order valence-corrected chi connectivity index (χ0v) is 10.6. The van der Waals surface area contributed by atoms with Gasteiger partial charge in [0.2, 0.25) is 0 Å². The van der Waals surface area contributed by atoms with Crippen molar-refractivity contribution in [2.75, 3.05) is 18.0 Å². The topological polar surface area (TPSA) is 66.6 Å². The number of nitrogens with two attached hydrogens (primary N) is 1. The Kier molecular flexibility index (Phi) is 4.52. The molecule has 1 aromatic carbocycles. The van der Waals surface area contributed by atoms with Crippen molar-refractivity contribution in [1.82, 2.24) is 0 Å². The van der Waals surface area contributed by atoms with Crippen LogP contribution < -0.4 is 10.6 Å². The smallest absolute Gasteiger partial charge is 0.182 e. The van der Waals surface area contributed by atoms with Crippen LogP contribution in [0.25, 0.3) is 0 Å². The number of Topliss-reactive ketones (excluding diaryl/α,β-unsaturated/α-hetero) is 1. The van der Waals surface area contributed by atoms with Crippen molar-refractivity contribution in [2.45, 2.75) is 26.8 Å². The Morgan fingerprint density at radius 2 is 2.00 bits per heavy atom. The first-order valence-corrected chi connectivity index (χ1v) is 5.89. The standard InChI is InChI=1S/C13H20N2O2/c1-4-15(5-2)10-6-7-11(12(16)8-10)13(17)9(3)14/h6-9,16H,4-5,14H2,1-3H3. The number of hydrogen-bond acceptors (Lipinski definition) is 4. The van der Waals surface area contributed by atoms with Crippen LogP contribution in [0.3, 0.4) is 0 Å². The van der Waals surface area contributed by atoms with Crippen LogP contribution in [-0.4, -0.2) is 30.0 Å². The van der Waals surface area contributed by atoms with Crippen LogP contribution in [0.15, 0.2) is 18.2 Å². The Labute approximate surface area is 102 Å². The lowest BCUT2D eigenvalue weighted by Crippen LogP contribution is -2.27. The van der Waals surface area contributed by atoms with E-state index in [2.05, 4.69) is 4.90 Å². The fraction of sp³-hybridized carbons (Fsp3) is 0.462. The highest BCUT2D eigenvalue weighted by atomic mass is 16.3. The molecule has 0 aliphatic carbocycles. The third-order valence-corrected chi connectivity index (χ3v) is 2.79. The fourth-order valence-corrected chi connectivity index (χ4v) is 1.76. The van der Waals surface area contributed by atoms with Crippen molar-refractivity contribution >= 4 is 11.5 Å². The summed E-state index contributed by atoms with van der Waals surface area (Å²) in [5.41, 5.74) is 6.71. The summed E-state index contributed by atoms with van der Waals surface area (Å²) in [5, 5.41) is 9.85. The highest BCUT2D eigenvalue weighted by Gasteiger charge is 2.16. The fourth-order valence-electron chi connectivity index (χ4n) is 1.76. The van der Waals surface area contributed by atoms with Gasteiger partial charge in [-0.25, -0.2) is 0 Å². The molecule has 0 fully saturated rings. The van der Waals surface area contributed by atoms with E-state index < -0.39 is 6.04 Å². The molecule has 0 aliphatic heterocycles. The van der Waals surface area contributed by atoms with Crippen LogP contribution in [-0.2, 0) is 0 Å². The molecule has 0 spiro atoms. The van der Waals surface area contributed by atoms with Crippen molar-refractivity contribution in [3.63, 3.8) is 0 Å². The van der Waals surface area contributed by atoms with Crippen LogP contribution in [0, 0.1) is 0 Å². The van der Waals surface area contributed by atoms with E-state index in [4.69, 9.17) is 5.73 Å². The van der Waals surface area contributed by atoms with Gasteiger partial charge in [0.05, 0.1) is 11.6 Å². The average molecular weight is 236 g/mol. The van der Waals surface area contributed by atoms with E-state index in [0.29, 0.717) is 0 Å². The highest BCUT2D eigenvalue weighted by molar-refractivity contribution is 6.02. The van der Waals surface area contributed by atoms with Crippen LogP contribution in [0.4, 0.5) is 5.69 Å². The second kappa shape index (κ2) is 5.68. The monoisotopic (exact) mass is 236 g/mol. The number of phenols is 1. The first-order valence-electron chi connectivity index (χ1n) is 5.89. The summed E-state index contributed by atoms with van der Waals surface area (Å²) < 4.78 is 0. The third kappa shape index (κ3) is 2.97. The summed E-state index contributed by atoms with van der Waals surface area (Å²) in [6, 6.07) is 4.49. The molecule has 94 valence electrons. The third-order valence-electron chi connectivity index (χ3n) is 2.79. The van der Waals surface area contributed by atoms with Gasteiger partial charge in [0.15, 0.2) is 5.78 Å². The van der Waals surface area contributed by atoms with Crippen molar-refractivity contribution in [3.8, 4) is 5.75 Å². The molecule has 17 heavy (non-hydrogen) atoms. The first kappa shape index (κ1) is 13.5. The molecule has 1 rings (SSSR count). The maximum Gasteiger partial charge on any atom is 0.182 e. The number of carbonyl (C=O) groups excluding carboxylic acids is 1. The number of benzene rings is 1. The van der Waals surface area contributed by atoms with Crippen molar-refractivity contribution in [3.05, 3.63) is 23.8 Å². The van der Waals surface area contributed by atoms with Gasteiger partial charge in [-0.15, -0.1) is 0 Å². The maximum absolute atomic E-state index is 11.7. The molecule has 0 radical (unpaired) electrons. The van der Waals surface area contributed by atoms with Gasteiger partial charge in [0, 0.05) is 24.8 Å². The van der Waals surface area contributed by atoms with Gasteiger partial charge in [0.25, 0.3) is 0 Å². The Balaban J connectivity index is 3.05.